The lowest BCUT2D eigenvalue weighted by atomic mass is 9.90. The molecule has 0 amide bonds. The Kier molecular flexibility index (Phi) is 5.41. The summed E-state index contributed by atoms with van der Waals surface area (Å²) in [5, 5.41) is 9.85. The van der Waals surface area contributed by atoms with Crippen LogP contribution in [0, 0.1) is 11.3 Å². The van der Waals surface area contributed by atoms with Gasteiger partial charge in [-0.05, 0) is 30.7 Å². The third-order valence-electron chi connectivity index (χ3n) is 5.14. The van der Waals surface area contributed by atoms with Crippen LogP contribution in [0.2, 0.25) is 0 Å². The highest BCUT2D eigenvalue weighted by molar-refractivity contribution is 5.82. The SMILES string of the molecule is CCOc1ccccc1-c1c(C#N)c(N)nc2c1CN(Cc1ccccn1)CC2. The van der Waals surface area contributed by atoms with Gasteiger partial charge in [-0.25, -0.2) is 4.98 Å². The van der Waals surface area contributed by atoms with E-state index in [2.05, 4.69) is 20.9 Å². The lowest BCUT2D eigenvalue weighted by molar-refractivity contribution is 0.241. The topological polar surface area (TPSA) is 88.1 Å². The Morgan fingerprint density at radius 1 is 1.21 bits per heavy atom. The first-order valence-corrected chi connectivity index (χ1v) is 9.77. The number of aromatic nitrogens is 2. The van der Waals surface area contributed by atoms with Gasteiger partial charge in [-0.3, -0.25) is 9.88 Å². The van der Waals surface area contributed by atoms with E-state index < -0.39 is 0 Å². The normalized spacial score (nSPS) is 13.5. The number of rotatable bonds is 5. The van der Waals surface area contributed by atoms with Crippen LogP contribution in [0.5, 0.6) is 5.75 Å². The molecule has 3 heterocycles. The lowest BCUT2D eigenvalue weighted by Crippen LogP contribution is -2.32. The third-order valence-corrected chi connectivity index (χ3v) is 5.14. The standard InChI is InChI=1S/C23H23N5O/c1-2-29-21-9-4-3-8-17(21)22-18(13-24)23(25)27-20-10-12-28(15-19(20)22)14-16-7-5-6-11-26-16/h3-9,11H,2,10,12,14-15H2,1H3,(H2,25,27). The van der Waals surface area contributed by atoms with Crippen molar-refractivity contribution in [3.05, 3.63) is 71.2 Å². The van der Waals surface area contributed by atoms with Gasteiger partial charge >= 0.3 is 0 Å². The number of nitriles is 1. The zero-order chi connectivity index (χ0) is 20.2. The average Bonchev–Trinajstić information content (AvgIpc) is 2.74. The maximum atomic E-state index is 9.85. The number of nitrogens with two attached hydrogens (primary N) is 1. The molecule has 3 aromatic rings. The quantitative estimate of drug-likeness (QED) is 0.722. The number of ether oxygens (including phenoxy) is 1. The number of hydrogen-bond acceptors (Lipinski definition) is 6. The molecule has 2 aromatic heterocycles. The maximum absolute atomic E-state index is 9.85. The Balaban J connectivity index is 1.80. The van der Waals surface area contributed by atoms with Crippen molar-refractivity contribution in [3.63, 3.8) is 0 Å². The molecule has 2 N–H and O–H groups in total. The van der Waals surface area contributed by atoms with Gasteiger partial charge in [-0.15, -0.1) is 0 Å². The summed E-state index contributed by atoms with van der Waals surface area (Å²) in [6, 6.07) is 16.0. The van der Waals surface area contributed by atoms with E-state index in [1.165, 1.54) is 0 Å². The molecule has 0 saturated carbocycles. The summed E-state index contributed by atoms with van der Waals surface area (Å²) in [5.41, 5.74) is 11.3. The summed E-state index contributed by atoms with van der Waals surface area (Å²) >= 11 is 0. The van der Waals surface area contributed by atoms with E-state index in [4.69, 9.17) is 10.5 Å². The van der Waals surface area contributed by atoms with Crippen LogP contribution in [0.15, 0.2) is 48.7 Å². The van der Waals surface area contributed by atoms with Crippen LogP contribution < -0.4 is 10.5 Å². The molecular weight excluding hydrogens is 362 g/mol. The number of nitrogen functional groups attached to an aromatic ring is 1. The molecule has 1 aromatic carbocycles. The van der Waals surface area contributed by atoms with Gasteiger partial charge < -0.3 is 10.5 Å². The molecule has 0 saturated heterocycles. The van der Waals surface area contributed by atoms with Crippen LogP contribution in [0.4, 0.5) is 5.82 Å². The second kappa shape index (κ2) is 8.29. The lowest BCUT2D eigenvalue weighted by Gasteiger charge is -2.30. The van der Waals surface area contributed by atoms with Crippen LogP contribution in [0.3, 0.4) is 0 Å². The van der Waals surface area contributed by atoms with E-state index >= 15 is 0 Å². The van der Waals surface area contributed by atoms with Crippen molar-refractivity contribution in [1.82, 2.24) is 14.9 Å². The van der Waals surface area contributed by atoms with Crippen LogP contribution >= 0.6 is 0 Å². The fraction of sp³-hybridized carbons (Fsp3) is 0.261. The number of fused-ring (bicyclic) bond motifs is 1. The van der Waals surface area contributed by atoms with E-state index in [0.717, 1.165) is 53.3 Å². The molecule has 1 aliphatic rings. The van der Waals surface area contributed by atoms with Gasteiger partial charge in [0.05, 0.1) is 12.3 Å². The van der Waals surface area contributed by atoms with Crippen LogP contribution in [0.1, 0.15) is 29.4 Å². The van der Waals surface area contributed by atoms with Gasteiger partial charge in [0.1, 0.15) is 23.2 Å². The van der Waals surface area contributed by atoms with Crippen LogP contribution in [0.25, 0.3) is 11.1 Å². The van der Waals surface area contributed by atoms with Crippen molar-refractivity contribution in [1.29, 1.82) is 5.26 Å². The van der Waals surface area contributed by atoms with Gasteiger partial charge in [0.2, 0.25) is 0 Å². The molecule has 6 heteroatoms. The first kappa shape index (κ1) is 18.9. The molecule has 1 aliphatic heterocycles. The minimum absolute atomic E-state index is 0.283. The number of para-hydroxylation sites is 1. The van der Waals surface area contributed by atoms with Gasteiger partial charge in [-0.1, -0.05) is 24.3 Å². The molecule has 0 aliphatic carbocycles. The van der Waals surface area contributed by atoms with Crippen molar-refractivity contribution in [2.45, 2.75) is 26.4 Å². The smallest absolute Gasteiger partial charge is 0.142 e. The number of nitrogens with zero attached hydrogens (tertiary/aromatic N) is 4. The van der Waals surface area contributed by atoms with Crippen molar-refractivity contribution >= 4 is 5.82 Å². The van der Waals surface area contributed by atoms with Gasteiger partial charge in [0.25, 0.3) is 0 Å². The molecule has 0 bridgehead atoms. The molecule has 0 radical (unpaired) electrons. The van der Waals surface area contributed by atoms with E-state index in [9.17, 15) is 5.26 Å². The second-order valence-corrected chi connectivity index (χ2v) is 6.99. The summed E-state index contributed by atoms with van der Waals surface area (Å²) < 4.78 is 5.85. The number of benzene rings is 1. The molecule has 146 valence electrons. The summed E-state index contributed by atoms with van der Waals surface area (Å²) in [7, 11) is 0. The monoisotopic (exact) mass is 385 g/mol. The highest BCUT2D eigenvalue weighted by Crippen LogP contribution is 2.39. The molecule has 6 nitrogen and oxygen atoms in total. The highest BCUT2D eigenvalue weighted by Gasteiger charge is 2.26. The van der Waals surface area contributed by atoms with E-state index in [0.29, 0.717) is 18.7 Å². The molecule has 0 unspecified atom stereocenters. The predicted octanol–water partition coefficient (Wildman–Crippen LogP) is 3.55. The minimum Gasteiger partial charge on any atom is -0.493 e. The molecule has 4 rings (SSSR count). The second-order valence-electron chi connectivity index (χ2n) is 6.99. The van der Waals surface area contributed by atoms with Crippen molar-refractivity contribution < 1.29 is 4.74 Å². The van der Waals surface area contributed by atoms with E-state index in [-0.39, 0.29) is 5.82 Å². The summed E-state index contributed by atoms with van der Waals surface area (Å²) in [6.07, 6.45) is 2.59. The minimum atomic E-state index is 0.283. The van der Waals surface area contributed by atoms with Gasteiger partial charge in [0, 0.05) is 49.1 Å². The maximum Gasteiger partial charge on any atom is 0.142 e. The fourth-order valence-electron chi connectivity index (χ4n) is 3.86. The summed E-state index contributed by atoms with van der Waals surface area (Å²) in [5.74, 6) is 1.03. The number of anilines is 1. The van der Waals surface area contributed by atoms with Crippen molar-refractivity contribution in [2.24, 2.45) is 0 Å². The van der Waals surface area contributed by atoms with Crippen molar-refractivity contribution in [2.75, 3.05) is 18.9 Å². The molecular formula is C23H23N5O. The van der Waals surface area contributed by atoms with E-state index in [1.54, 1.807) is 0 Å². The van der Waals surface area contributed by atoms with Crippen LogP contribution in [-0.2, 0) is 19.5 Å². The predicted molar refractivity (Wildman–Crippen MR) is 112 cm³/mol. The Hall–Kier alpha value is -3.43. The summed E-state index contributed by atoms with van der Waals surface area (Å²) in [4.78, 5) is 11.3. The zero-order valence-electron chi connectivity index (χ0n) is 16.4. The highest BCUT2D eigenvalue weighted by atomic mass is 16.5. The molecule has 0 atom stereocenters. The van der Waals surface area contributed by atoms with Crippen molar-refractivity contribution in [3.8, 4) is 22.9 Å². The fourth-order valence-corrected chi connectivity index (χ4v) is 3.86. The molecule has 0 fully saturated rings. The third kappa shape index (κ3) is 3.78. The largest absolute Gasteiger partial charge is 0.493 e. The summed E-state index contributed by atoms with van der Waals surface area (Å²) in [6.45, 7) is 4.80. The number of pyridine rings is 2. The Bertz CT molecular complexity index is 1060. The first-order chi connectivity index (χ1) is 14.2. The number of hydrogen-bond donors (Lipinski definition) is 1. The van der Waals surface area contributed by atoms with Gasteiger partial charge in [-0.2, -0.15) is 5.26 Å². The molecule has 29 heavy (non-hydrogen) atoms. The molecule has 0 spiro atoms. The Labute approximate surface area is 170 Å². The van der Waals surface area contributed by atoms with Gasteiger partial charge in [0.15, 0.2) is 0 Å². The van der Waals surface area contributed by atoms with E-state index in [1.807, 2.05) is 55.6 Å². The first-order valence-electron chi connectivity index (χ1n) is 9.77. The average molecular weight is 385 g/mol. The Morgan fingerprint density at radius 2 is 2.03 bits per heavy atom. The van der Waals surface area contributed by atoms with Crippen LogP contribution in [-0.4, -0.2) is 28.0 Å². The zero-order valence-corrected chi connectivity index (χ0v) is 16.4. The Morgan fingerprint density at radius 3 is 2.79 bits per heavy atom.